The fourth-order valence-electron chi connectivity index (χ4n) is 3.27. The molecular weight excluding hydrogens is 360 g/mol. The van der Waals surface area contributed by atoms with Gasteiger partial charge in [0.15, 0.2) is 0 Å². The van der Waals surface area contributed by atoms with Crippen molar-refractivity contribution in [3.63, 3.8) is 0 Å². The highest BCUT2D eigenvalue weighted by atomic mass is 19.4. The Morgan fingerprint density at radius 1 is 1.22 bits per heavy atom. The lowest BCUT2D eigenvalue weighted by Crippen LogP contribution is -2.31. The molecule has 8 heteroatoms. The van der Waals surface area contributed by atoms with Crippen molar-refractivity contribution in [3.8, 4) is 11.1 Å². The Hall–Kier alpha value is -2.22. The molecule has 1 aromatic carbocycles. The largest absolute Gasteiger partial charge is 0.416 e. The minimum Gasteiger partial charge on any atom is -0.350 e. The van der Waals surface area contributed by atoms with Crippen LogP contribution in [-0.4, -0.2) is 40.0 Å². The van der Waals surface area contributed by atoms with Crippen LogP contribution in [0.15, 0.2) is 24.4 Å². The Kier molecular flexibility index (Phi) is 5.37. The van der Waals surface area contributed by atoms with E-state index in [0.29, 0.717) is 29.3 Å². The third-order valence-corrected chi connectivity index (χ3v) is 4.85. The minimum atomic E-state index is -4.58. The third kappa shape index (κ3) is 4.37. The average Bonchev–Trinajstić information content (AvgIpc) is 3.03. The van der Waals surface area contributed by atoms with Gasteiger partial charge in [0.25, 0.3) is 0 Å². The van der Waals surface area contributed by atoms with Crippen LogP contribution in [0, 0.1) is 12.7 Å². The van der Waals surface area contributed by atoms with Gasteiger partial charge in [0, 0.05) is 42.5 Å². The van der Waals surface area contributed by atoms with Crippen molar-refractivity contribution >= 4 is 5.95 Å². The van der Waals surface area contributed by atoms with Gasteiger partial charge in [-0.25, -0.2) is 14.4 Å². The molecule has 0 radical (unpaired) electrons. The van der Waals surface area contributed by atoms with E-state index in [1.54, 1.807) is 6.92 Å². The summed E-state index contributed by atoms with van der Waals surface area (Å²) in [5.74, 6) is -0.500. The number of anilines is 1. The number of aromatic nitrogens is 2. The molecule has 4 nitrogen and oxygen atoms in total. The first-order valence-electron chi connectivity index (χ1n) is 8.86. The lowest BCUT2D eigenvalue weighted by molar-refractivity contribution is -0.137. The molecule has 1 unspecified atom stereocenters. The predicted octanol–water partition coefficient (Wildman–Crippen LogP) is 4.50. The van der Waals surface area contributed by atoms with Gasteiger partial charge in [-0.05, 0) is 39.3 Å². The molecule has 1 N–H and O–H groups in total. The number of halogens is 4. The van der Waals surface area contributed by atoms with Crippen LogP contribution in [0.3, 0.4) is 0 Å². The molecule has 0 amide bonds. The molecule has 3 rings (SSSR count). The van der Waals surface area contributed by atoms with E-state index >= 15 is 0 Å². The molecule has 0 bridgehead atoms. The lowest BCUT2D eigenvalue weighted by Gasteiger charge is -2.20. The molecule has 146 valence electrons. The van der Waals surface area contributed by atoms with E-state index in [1.807, 2.05) is 0 Å². The SMILES string of the molecule is Cc1nc(NC2CCN(C(C)C)C2)ncc1-c1ccc(C(F)(F)F)cc1F. The van der Waals surface area contributed by atoms with Gasteiger partial charge in [0.2, 0.25) is 5.95 Å². The number of likely N-dealkylation sites (tertiary alicyclic amines) is 1. The second-order valence-electron chi connectivity index (χ2n) is 7.10. The predicted molar refractivity (Wildman–Crippen MR) is 95.9 cm³/mol. The first-order chi connectivity index (χ1) is 12.6. The van der Waals surface area contributed by atoms with Gasteiger partial charge in [-0.3, -0.25) is 4.90 Å². The van der Waals surface area contributed by atoms with Crippen molar-refractivity contribution in [1.82, 2.24) is 14.9 Å². The monoisotopic (exact) mass is 382 g/mol. The molecule has 1 aliphatic rings. The number of hydrogen-bond donors (Lipinski definition) is 1. The standard InChI is InChI=1S/C19H22F4N4/c1-11(2)27-7-6-14(10-27)26-18-24-9-16(12(3)25-18)15-5-4-13(8-17(15)20)19(21,22)23/h4-5,8-9,11,14H,6-7,10H2,1-3H3,(H,24,25,26). The fraction of sp³-hybridized carbons (Fsp3) is 0.474. The Labute approximate surface area is 155 Å². The Balaban J connectivity index is 1.78. The summed E-state index contributed by atoms with van der Waals surface area (Å²) < 4.78 is 52.3. The highest BCUT2D eigenvalue weighted by Gasteiger charge is 2.31. The third-order valence-electron chi connectivity index (χ3n) is 4.85. The maximum absolute atomic E-state index is 14.2. The van der Waals surface area contributed by atoms with E-state index in [9.17, 15) is 17.6 Å². The number of nitrogens with zero attached hydrogens (tertiary/aromatic N) is 3. The molecule has 2 heterocycles. The van der Waals surface area contributed by atoms with Crippen LogP contribution in [-0.2, 0) is 6.18 Å². The van der Waals surface area contributed by atoms with Gasteiger partial charge in [0.05, 0.1) is 11.3 Å². The summed E-state index contributed by atoms with van der Waals surface area (Å²) in [6.45, 7) is 7.89. The molecule has 1 atom stereocenters. The second kappa shape index (κ2) is 7.42. The topological polar surface area (TPSA) is 41.1 Å². The van der Waals surface area contributed by atoms with Gasteiger partial charge >= 0.3 is 6.18 Å². The van der Waals surface area contributed by atoms with Crippen LogP contribution in [0.1, 0.15) is 31.5 Å². The number of alkyl halides is 3. The molecule has 1 saturated heterocycles. The molecule has 0 aliphatic carbocycles. The van der Waals surface area contributed by atoms with Gasteiger partial charge in [0.1, 0.15) is 5.82 Å². The van der Waals surface area contributed by atoms with Gasteiger partial charge in [-0.2, -0.15) is 13.2 Å². The van der Waals surface area contributed by atoms with Crippen molar-refractivity contribution in [2.45, 2.75) is 45.5 Å². The molecule has 1 fully saturated rings. The van der Waals surface area contributed by atoms with Crippen molar-refractivity contribution in [1.29, 1.82) is 0 Å². The number of hydrogen-bond acceptors (Lipinski definition) is 4. The Bertz CT molecular complexity index is 820. The van der Waals surface area contributed by atoms with Crippen LogP contribution < -0.4 is 5.32 Å². The van der Waals surface area contributed by atoms with E-state index in [4.69, 9.17) is 0 Å². The fourth-order valence-corrected chi connectivity index (χ4v) is 3.27. The minimum absolute atomic E-state index is 0.0545. The summed E-state index contributed by atoms with van der Waals surface area (Å²) in [6.07, 6.45) is -2.15. The average molecular weight is 382 g/mol. The molecule has 0 spiro atoms. The maximum atomic E-state index is 14.2. The summed E-state index contributed by atoms with van der Waals surface area (Å²) in [6, 6.07) is 3.20. The molecule has 2 aromatic rings. The van der Waals surface area contributed by atoms with E-state index < -0.39 is 17.6 Å². The van der Waals surface area contributed by atoms with E-state index in [2.05, 4.69) is 34.0 Å². The zero-order valence-corrected chi connectivity index (χ0v) is 15.4. The van der Waals surface area contributed by atoms with Crippen molar-refractivity contribution in [2.75, 3.05) is 18.4 Å². The maximum Gasteiger partial charge on any atom is 0.416 e. The van der Waals surface area contributed by atoms with Gasteiger partial charge < -0.3 is 5.32 Å². The van der Waals surface area contributed by atoms with Crippen molar-refractivity contribution < 1.29 is 17.6 Å². The first kappa shape index (κ1) is 19.5. The zero-order valence-electron chi connectivity index (χ0n) is 15.4. The van der Waals surface area contributed by atoms with Crippen LogP contribution >= 0.6 is 0 Å². The molecule has 1 aromatic heterocycles. The quantitative estimate of drug-likeness (QED) is 0.791. The summed E-state index contributed by atoms with van der Waals surface area (Å²) in [4.78, 5) is 11.0. The number of rotatable bonds is 4. The van der Waals surface area contributed by atoms with Crippen LogP contribution in [0.25, 0.3) is 11.1 Å². The highest BCUT2D eigenvalue weighted by molar-refractivity contribution is 5.66. The normalized spacial score (nSPS) is 18.3. The van der Waals surface area contributed by atoms with E-state index in [0.717, 1.165) is 31.6 Å². The van der Waals surface area contributed by atoms with Crippen molar-refractivity contribution in [3.05, 3.63) is 41.5 Å². The van der Waals surface area contributed by atoms with Crippen LogP contribution in [0.5, 0.6) is 0 Å². The van der Waals surface area contributed by atoms with Crippen LogP contribution in [0.2, 0.25) is 0 Å². The highest BCUT2D eigenvalue weighted by Crippen LogP contribution is 2.33. The lowest BCUT2D eigenvalue weighted by atomic mass is 10.0. The number of nitrogens with one attached hydrogen (secondary N) is 1. The van der Waals surface area contributed by atoms with E-state index in [1.165, 1.54) is 6.20 Å². The Morgan fingerprint density at radius 3 is 2.52 bits per heavy atom. The number of aryl methyl sites for hydroxylation is 1. The number of benzene rings is 1. The summed E-state index contributed by atoms with van der Waals surface area (Å²) in [5.41, 5.74) is -0.0812. The molecule has 0 saturated carbocycles. The van der Waals surface area contributed by atoms with Crippen molar-refractivity contribution in [2.24, 2.45) is 0 Å². The summed E-state index contributed by atoms with van der Waals surface area (Å²) in [7, 11) is 0. The zero-order chi connectivity index (χ0) is 19.8. The molecular formula is C19H22F4N4. The second-order valence-corrected chi connectivity index (χ2v) is 7.10. The van der Waals surface area contributed by atoms with E-state index in [-0.39, 0.29) is 11.6 Å². The van der Waals surface area contributed by atoms with Gasteiger partial charge in [-0.1, -0.05) is 6.07 Å². The molecule has 27 heavy (non-hydrogen) atoms. The summed E-state index contributed by atoms with van der Waals surface area (Å²) in [5, 5.41) is 3.28. The smallest absolute Gasteiger partial charge is 0.350 e. The summed E-state index contributed by atoms with van der Waals surface area (Å²) >= 11 is 0. The Morgan fingerprint density at radius 2 is 1.96 bits per heavy atom. The van der Waals surface area contributed by atoms with Gasteiger partial charge in [-0.15, -0.1) is 0 Å². The van der Waals surface area contributed by atoms with Crippen LogP contribution in [0.4, 0.5) is 23.5 Å². The molecule has 1 aliphatic heterocycles. The first-order valence-corrected chi connectivity index (χ1v) is 8.86.